The number of nitrogens with one attached hydrogen (secondary N) is 1. The Bertz CT molecular complexity index is 172. The van der Waals surface area contributed by atoms with Gasteiger partial charge in [-0.1, -0.05) is 39.5 Å². The molecule has 14 heavy (non-hydrogen) atoms. The van der Waals surface area contributed by atoms with Gasteiger partial charge in [-0.2, -0.15) is 0 Å². The van der Waals surface area contributed by atoms with Gasteiger partial charge in [-0.3, -0.25) is 0 Å². The van der Waals surface area contributed by atoms with Gasteiger partial charge >= 0.3 is 0 Å². The molecule has 4 unspecified atom stereocenters. The first kappa shape index (κ1) is 10.5. The first-order valence-electron chi connectivity index (χ1n) is 6.58. The van der Waals surface area contributed by atoms with Gasteiger partial charge in [0.1, 0.15) is 0 Å². The molecule has 2 aliphatic rings. The highest BCUT2D eigenvalue weighted by Gasteiger charge is 2.46. The van der Waals surface area contributed by atoms with E-state index in [2.05, 4.69) is 19.2 Å². The summed E-state index contributed by atoms with van der Waals surface area (Å²) in [6, 6.07) is 0.850. The standard InChI is InChI=1S/C13H25N/c1-3-14-13-10(2)11-8-6-4-5-7-9-12(11)13/h10-14H,3-9H2,1-2H3. The molecule has 4 atom stereocenters. The summed E-state index contributed by atoms with van der Waals surface area (Å²) in [4.78, 5) is 0. The van der Waals surface area contributed by atoms with Crippen LogP contribution in [0.2, 0.25) is 0 Å². The summed E-state index contributed by atoms with van der Waals surface area (Å²) in [7, 11) is 0. The fraction of sp³-hybridized carbons (Fsp3) is 1.00. The minimum Gasteiger partial charge on any atom is -0.314 e. The zero-order valence-electron chi connectivity index (χ0n) is 9.76. The first-order valence-corrected chi connectivity index (χ1v) is 6.58. The SMILES string of the molecule is CCNC1C(C)C2CCCCCCC21. The van der Waals surface area contributed by atoms with Crippen molar-refractivity contribution >= 4 is 0 Å². The first-order chi connectivity index (χ1) is 6.84. The van der Waals surface area contributed by atoms with Crippen LogP contribution in [-0.4, -0.2) is 12.6 Å². The predicted molar refractivity (Wildman–Crippen MR) is 61.3 cm³/mol. The molecule has 0 aromatic heterocycles. The maximum Gasteiger partial charge on any atom is 0.0126 e. The summed E-state index contributed by atoms with van der Waals surface area (Å²) in [6.45, 7) is 5.84. The van der Waals surface area contributed by atoms with Crippen molar-refractivity contribution in [2.75, 3.05) is 6.54 Å². The molecule has 1 nitrogen and oxygen atoms in total. The number of hydrogen-bond donors (Lipinski definition) is 1. The highest BCUT2D eigenvalue weighted by Crippen LogP contribution is 2.47. The van der Waals surface area contributed by atoms with Gasteiger partial charge in [-0.25, -0.2) is 0 Å². The fourth-order valence-corrected chi connectivity index (χ4v) is 3.72. The average Bonchev–Trinajstić information content (AvgIpc) is 2.16. The van der Waals surface area contributed by atoms with Crippen molar-refractivity contribution in [3.8, 4) is 0 Å². The third-order valence-electron chi connectivity index (χ3n) is 4.52. The van der Waals surface area contributed by atoms with Gasteiger partial charge in [0.25, 0.3) is 0 Å². The molecule has 1 heteroatoms. The number of rotatable bonds is 2. The third-order valence-corrected chi connectivity index (χ3v) is 4.52. The van der Waals surface area contributed by atoms with Crippen LogP contribution in [0, 0.1) is 17.8 Å². The Morgan fingerprint density at radius 2 is 1.64 bits per heavy atom. The molecule has 0 saturated heterocycles. The topological polar surface area (TPSA) is 12.0 Å². The largest absolute Gasteiger partial charge is 0.314 e. The lowest BCUT2D eigenvalue weighted by Crippen LogP contribution is -2.57. The fourth-order valence-electron chi connectivity index (χ4n) is 3.72. The molecule has 0 heterocycles. The van der Waals surface area contributed by atoms with Gasteiger partial charge in [-0.05, 0) is 37.1 Å². The summed E-state index contributed by atoms with van der Waals surface area (Å²) in [5, 5.41) is 3.68. The van der Waals surface area contributed by atoms with Crippen LogP contribution in [0.4, 0.5) is 0 Å². The molecule has 0 aromatic rings. The van der Waals surface area contributed by atoms with Crippen LogP contribution < -0.4 is 5.32 Å². The van der Waals surface area contributed by atoms with E-state index in [9.17, 15) is 0 Å². The van der Waals surface area contributed by atoms with Gasteiger partial charge in [0.2, 0.25) is 0 Å². The quantitative estimate of drug-likeness (QED) is 0.713. The summed E-state index contributed by atoms with van der Waals surface area (Å²) in [6.07, 6.45) is 8.94. The molecule has 2 aliphatic carbocycles. The maximum atomic E-state index is 3.68. The Kier molecular flexibility index (Phi) is 3.48. The van der Waals surface area contributed by atoms with Crippen molar-refractivity contribution in [3.05, 3.63) is 0 Å². The number of fused-ring (bicyclic) bond motifs is 1. The van der Waals surface area contributed by atoms with E-state index in [-0.39, 0.29) is 0 Å². The van der Waals surface area contributed by atoms with Crippen molar-refractivity contribution in [2.45, 2.75) is 58.4 Å². The Morgan fingerprint density at radius 1 is 1.00 bits per heavy atom. The van der Waals surface area contributed by atoms with E-state index in [1.807, 2.05) is 0 Å². The Morgan fingerprint density at radius 3 is 2.29 bits per heavy atom. The minimum absolute atomic E-state index is 0.850. The van der Waals surface area contributed by atoms with Gasteiger partial charge in [0.05, 0.1) is 0 Å². The van der Waals surface area contributed by atoms with Crippen molar-refractivity contribution in [1.29, 1.82) is 0 Å². The molecule has 82 valence electrons. The second-order valence-corrected chi connectivity index (χ2v) is 5.26. The van der Waals surface area contributed by atoms with Crippen LogP contribution in [0.3, 0.4) is 0 Å². The van der Waals surface area contributed by atoms with Crippen LogP contribution in [0.1, 0.15) is 52.4 Å². The normalized spacial score (nSPS) is 43.3. The summed E-state index contributed by atoms with van der Waals surface area (Å²) in [5.74, 6) is 3.02. The Labute approximate surface area is 88.7 Å². The van der Waals surface area contributed by atoms with E-state index in [1.54, 1.807) is 0 Å². The molecule has 0 bridgehead atoms. The van der Waals surface area contributed by atoms with E-state index in [4.69, 9.17) is 0 Å². The van der Waals surface area contributed by atoms with Gasteiger partial charge in [0.15, 0.2) is 0 Å². The smallest absolute Gasteiger partial charge is 0.0126 e. The highest BCUT2D eigenvalue weighted by molar-refractivity contribution is 4.99. The molecular weight excluding hydrogens is 170 g/mol. The highest BCUT2D eigenvalue weighted by atomic mass is 14.9. The maximum absolute atomic E-state index is 3.68. The molecule has 0 amide bonds. The second-order valence-electron chi connectivity index (χ2n) is 5.26. The van der Waals surface area contributed by atoms with Gasteiger partial charge < -0.3 is 5.32 Å². The van der Waals surface area contributed by atoms with E-state index in [0.29, 0.717) is 0 Å². The molecule has 2 fully saturated rings. The van der Waals surface area contributed by atoms with Crippen LogP contribution in [0.25, 0.3) is 0 Å². The molecule has 0 spiro atoms. The predicted octanol–water partition coefficient (Wildman–Crippen LogP) is 3.20. The van der Waals surface area contributed by atoms with E-state index in [1.165, 1.54) is 38.5 Å². The minimum atomic E-state index is 0.850. The molecule has 0 aromatic carbocycles. The van der Waals surface area contributed by atoms with Crippen LogP contribution in [0.5, 0.6) is 0 Å². The van der Waals surface area contributed by atoms with Crippen molar-refractivity contribution in [3.63, 3.8) is 0 Å². The second kappa shape index (κ2) is 4.65. The Balaban J connectivity index is 1.91. The molecule has 2 rings (SSSR count). The lowest BCUT2D eigenvalue weighted by atomic mass is 9.57. The monoisotopic (exact) mass is 195 g/mol. The summed E-state index contributed by atoms with van der Waals surface area (Å²) < 4.78 is 0. The Hall–Kier alpha value is -0.0400. The van der Waals surface area contributed by atoms with Gasteiger partial charge in [0, 0.05) is 6.04 Å². The molecular formula is C13H25N. The number of hydrogen-bond acceptors (Lipinski definition) is 1. The van der Waals surface area contributed by atoms with Crippen LogP contribution in [0.15, 0.2) is 0 Å². The summed E-state index contributed by atoms with van der Waals surface area (Å²) >= 11 is 0. The van der Waals surface area contributed by atoms with E-state index >= 15 is 0 Å². The summed E-state index contributed by atoms with van der Waals surface area (Å²) in [5.41, 5.74) is 0. The zero-order chi connectivity index (χ0) is 9.97. The lowest BCUT2D eigenvalue weighted by molar-refractivity contribution is 0.00520. The average molecular weight is 195 g/mol. The van der Waals surface area contributed by atoms with Gasteiger partial charge in [-0.15, -0.1) is 0 Å². The molecule has 0 radical (unpaired) electrons. The van der Waals surface area contributed by atoms with Crippen molar-refractivity contribution in [1.82, 2.24) is 5.32 Å². The third kappa shape index (κ3) is 1.84. The lowest BCUT2D eigenvalue weighted by Gasteiger charge is -2.52. The van der Waals surface area contributed by atoms with E-state index in [0.717, 1.165) is 30.3 Å². The molecule has 1 N–H and O–H groups in total. The van der Waals surface area contributed by atoms with Crippen molar-refractivity contribution in [2.24, 2.45) is 17.8 Å². The zero-order valence-corrected chi connectivity index (χ0v) is 9.76. The molecule has 0 aliphatic heterocycles. The van der Waals surface area contributed by atoms with Crippen molar-refractivity contribution < 1.29 is 0 Å². The van der Waals surface area contributed by atoms with E-state index < -0.39 is 0 Å². The van der Waals surface area contributed by atoms with Crippen LogP contribution >= 0.6 is 0 Å². The molecule has 2 saturated carbocycles. The van der Waals surface area contributed by atoms with Crippen LogP contribution in [-0.2, 0) is 0 Å².